The van der Waals surface area contributed by atoms with Crippen LogP contribution in [-0.2, 0) is 16.2 Å². The van der Waals surface area contributed by atoms with Gasteiger partial charge in [-0.1, -0.05) is 64.8 Å². The first-order valence-electron chi connectivity index (χ1n) is 14.6. The molecule has 0 unspecified atom stereocenters. The SMILES string of the molecule is CCC(C)(C)c1cc(C(c2ccc(OCC=C(C)C)c(C(C)(C)CC)c2)(C(F)(F)F)C(F)(F)F)ccc1OCC=C(C)C. The molecule has 0 aromatic heterocycles. The molecule has 0 amide bonds. The van der Waals surface area contributed by atoms with Gasteiger partial charge in [0, 0.05) is 11.1 Å². The van der Waals surface area contributed by atoms with Crippen molar-refractivity contribution in [3.63, 3.8) is 0 Å². The molecule has 0 bridgehead atoms. The molecular weight excluding hydrogens is 566 g/mol. The van der Waals surface area contributed by atoms with Gasteiger partial charge < -0.3 is 9.47 Å². The maximum absolute atomic E-state index is 15.2. The van der Waals surface area contributed by atoms with Crippen LogP contribution >= 0.6 is 0 Å². The maximum Gasteiger partial charge on any atom is 0.411 e. The molecule has 0 saturated heterocycles. The highest BCUT2D eigenvalue weighted by atomic mass is 19.4. The Hall–Kier alpha value is -2.90. The average molecular weight is 613 g/mol. The normalized spacial score (nSPS) is 13.0. The predicted octanol–water partition coefficient (Wildman–Crippen LogP) is 11.2. The number of rotatable bonds is 12. The van der Waals surface area contributed by atoms with Crippen LogP contribution in [-0.4, -0.2) is 25.6 Å². The van der Waals surface area contributed by atoms with Crippen molar-refractivity contribution in [1.82, 2.24) is 0 Å². The minimum Gasteiger partial charge on any atom is -0.489 e. The third-order valence-electron chi connectivity index (χ3n) is 8.36. The summed E-state index contributed by atoms with van der Waals surface area (Å²) in [5.41, 5.74) is -5.14. The molecule has 2 nitrogen and oxygen atoms in total. The van der Waals surface area contributed by atoms with Gasteiger partial charge in [0.15, 0.2) is 0 Å². The van der Waals surface area contributed by atoms with Crippen LogP contribution in [0, 0.1) is 0 Å². The predicted molar refractivity (Wildman–Crippen MR) is 162 cm³/mol. The lowest BCUT2D eigenvalue weighted by Gasteiger charge is -2.40. The summed E-state index contributed by atoms with van der Waals surface area (Å²) in [7, 11) is 0. The van der Waals surface area contributed by atoms with E-state index in [1.807, 2.05) is 41.5 Å². The first kappa shape index (κ1) is 36.3. The molecule has 0 N–H and O–H groups in total. The molecule has 8 heteroatoms. The number of allylic oxidation sites excluding steroid dienone is 2. The van der Waals surface area contributed by atoms with E-state index in [2.05, 4.69) is 0 Å². The van der Waals surface area contributed by atoms with Crippen molar-refractivity contribution in [3.8, 4) is 11.5 Å². The van der Waals surface area contributed by atoms with Crippen LogP contribution in [0.4, 0.5) is 26.3 Å². The molecule has 0 atom stereocenters. The van der Waals surface area contributed by atoms with E-state index in [0.29, 0.717) is 12.8 Å². The minimum absolute atomic E-state index is 0.141. The highest BCUT2D eigenvalue weighted by Gasteiger charge is 2.72. The lowest BCUT2D eigenvalue weighted by molar-refractivity contribution is -0.288. The van der Waals surface area contributed by atoms with Gasteiger partial charge in [0.25, 0.3) is 0 Å². The van der Waals surface area contributed by atoms with E-state index in [4.69, 9.17) is 9.47 Å². The zero-order chi connectivity index (χ0) is 33.0. The van der Waals surface area contributed by atoms with Gasteiger partial charge in [-0.25, -0.2) is 0 Å². The monoisotopic (exact) mass is 612 g/mol. The largest absolute Gasteiger partial charge is 0.489 e. The Kier molecular flexibility index (Phi) is 11.3. The van der Waals surface area contributed by atoms with Crippen molar-refractivity contribution >= 4 is 0 Å². The molecule has 0 heterocycles. The van der Waals surface area contributed by atoms with Crippen LogP contribution in [0.3, 0.4) is 0 Å². The fourth-order valence-corrected chi connectivity index (χ4v) is 4.80. The molecular formula is C35H46F6O2. The van der Waals surface area contributed by atoms with E-state index in [-0.39, 0.29) is 35.8 Å². The van der Waals surface area contributed by atoms with E-state index in [0.717, 1.165) is 35.4 Å². The summed E-state index contributed by atoms with van der Waals surface area (Å²) in [4.78, 5) is 0. The van der Waals surface area contributed by atoms with Crippen molar-refractivity contribution in [3.05, 3.63) is 82.0 Å². The van der Waals surface area contributed by atoms with Crippen LogP contribution in [0.25, 0.3) is 0 Å². The molecule has 0 saturated carbocycles. The van der Waals surface area contributed by atoms with E-state index < -0.39 is 39.7 Å². The second-order valence-electron chi connectivity index (χ2n) is 12.8. The van der Waals surface area contributed by atoms with E-state index >= 15 is 26.3 Å². The number of halogens is 6. The fraction of sp³-hybridized carbons (Fsp3) is 0.543. The zero-order valence-electron chi connectivity index (χ0n) is 27.0. The number of ether oxygens (including phenoxy) is 2. The van der Waals surface area contributed by atoms with Gasteiger partial charge in [-0.2, -0.15) is 26.3 Å². The highest BCUT2D eigenvalue weighted by molar-refractivity contribution is 5.54. The van der Waals surface area contributed by atoms with Crippen molar-refractivity contribution in [2.45, 2.75) is 111 Å². The summed E-state index contributed by atoms with van der Waals surface area (Å²) in [6.45, 7) is 18.6. The second-order valence-corrected chi connectivity index (χ2v) is 12.8. The molecule has 0 aliphatic rings. The van der Waals surface area contributed by atoms with Crippen LogP contribution in [0.5, 0.6) is 11.5 Å². The molecule has 2 aromatic rings. The molecule has 0 aliphatic carbocycles. The quantitative estimate of drug-likeness (QED) is 0.175. The Labute approximate surface area is 253 Å². The van der Waals surface area contributed by atoms with Gasteiger partial charge in [-0.05, 0) is 98.9 Å². The number of benzene rings is 2. The summed E-state index contributed by atoms with van der Waals surface area (Å²) >= 11 is 0. The molecule has 240 valence electrons. The molecule has 0 aliphatic heterocycles. The van der Waals surface area contributed by atoms with Crippen LogP contribution in [0.2, 0.25) is 0 Å². The average Bonchev–Trinajstić information content (AvgIpc) is 2.88. The Morgan fingerprint density at radius 1 is 0.605 bits per heavy atom. The Morgan fingerprint density at radius 3 is 1.19 bits per heavy atom. The van der Waals surface area contributed by atoms with Crippen LogP contribution in [0.15, 0.2) is 59.7 Å². The van der Waals surface area contributed by atoms with Gasteiger partial charge >= 0.3 is 12.4 Å². The summed E-state index contributed by atoms with van der Waals surface area (Å²) in [6.07, 6.45) is -6.92. The molecule has 0 radical (unpaired) electrons. The van der Waals surface area contributed by atoms with Gasteiger partial charge in [-0.15, -0.1) is 0 Å². The number of hydrogen-bond acceptors (Lipinski definition) is 2. The van der Waals surface area contributed by atoms with Crippen LogP contribution in [0.1, 0.15) is 104 Å². The summed E-state index contributed by atoms with van der Waals surface area (Å²) in [5, 5.41) is 0. The Bertz CT molecular complexity index is 1200. The van der Waals surface area contributed by atoms with Crippen molar-refractivity contribution in [2.24, 2.45) is 0 Å². The first-order chi connectivity index (χ1) is 19.7. The van der Waals surface area contributed by atoms with Crippen molar-refractivity contribution in [1.29, 1.82) is 0 Å². The van der Waals surface area contributed by atoms with Crippen molar-refractivity contribution < 1.29 is 35.8 Å². The molecule has 0 fully saturated rings. The molecule has 2 rings (SSSR count). The van der Waals surface area contributed by atoms with Gasteiger partial charge in [0.05, 0.1) is 0 Å². The van der Waals surface area contributed by atoms with E-state index in [9.17, 15) is 0 Å². The molecule has 43 heavy (non-hydrogen) atoms. The number of hydrogen-bond donors (Lipinski definition) is 0. The topological polar surface area (TPSA) is 18.5 Å². The van der Waals surface area contributed by atoms with Gasteiger partial charge in [0.2, 0.25) is 5.41 Å². The van der Waals surface area contributed by atoms with E-state index in [1.54, 1.807) is 39.8 Å². The first-order valence-corrected chi connectivity index (χ1v) is 14.6. The van der Waals surface area contributed by atoms with E-state index in [1.165, 1.54) is 12.1 Å². The Morgan fingerprint density at radius 2 is 0.930 bits per heavy atom. The standard InChI is InChI=1S/C35H46F6O2/c1-11-31(7,8)27-21-25(13-15-29(27)42-19-17-23(3)4)33(34(36,37)38,35(39,40)41)26-14-16-30(43-20-18-24(5)6)28(22-26)32(9,10)12-2/h13-18,21-22H,11-12,19-20H2,1-10H3. The molecule has 0 spiro atoms. The van der Waals surface area contributed by atoms with Gasteiger partial charge in [0.1, 0.15) is 24.7 Å². The fourth-order valence-electron chi connectivity index (χ4n) is 4.80. The van der Waals surface area contributed by atoms with Crippen molar-refractivity contribution in [2.75, 3.05) is 13.2 Å². The minimum atomic E-state index is -5.72. The van der Waals surface area contributed by atoms with Crippen LogP contribution < -0.4 is 9.47 Å². The lowest BCUT2D eigenvalue weighted by Crippen LogP contribution is -2.55. The lowest BCUT2D eigenvalue weighted by atomic mass is 9.69. The second kappa shape index (κ2) is 13.4. The highest BCUT2D eigenvalue weighted by Crippen LogP contribution is 2.58. The van der Waals surface area contributed by atoms with Gasteiger partial charge in [-0.3, -0.25) is 0 Å². The third kappa shape index (κ3) is 7.79. The maximum atomic E-state index is 15.2. The summed E-state index contributed by atoms with van der Waals surface area (Å²) in [6, 6.07) is 6.34. The Balaban J connectivity index is 3.01. The summed E-state index contributed by atoms with van der Waals surface area (Å²) in [5.74, 6) is 0.504. The summed E-state index contributed by atoms with van der Waals surface area (Å²) < 4.78 is 103. The third-order valence-corrected chi connectivity index (χ3v) is 8.36. The molecule has 2 aromatic carbocycles. The zero-order valence-corrected chi connectivity index (χ0v) is 27.0. The number of alkyl halides is 6. The smallest absolute Gasteiger partial charge is 0.411 e.